The molecule has 0 unspecified atom stereocenters. The van der Waals surface area contributed by atoms with Gasteiger partial charge >= 0.3 is 0 Å². The zero-order chi connectivity index (χ0) is 21.0. The van der Waals surface area contributed by atoms with Gasteiger partial charge in [-0.05, 0) is 73.8 Å². The first kappa shape index (κ1) is 19.3. The van der Waals surface area contributed by atoms with Crippen LogP contribution in [0.4, 0.5) is 10.3 Å². The van der Waals surface area contributed by atoms with Gasteiger partial charge in [-0.2, -0.15) is 0 Å². The molecule has 5 fully saturated rings. The van der Waals surface area contributed by atoms with Crippen molar-refractivity contribution in [3.8, 4) is 5.69 Å². The maximum absolute atomic E-state index is 14.3. The molecule has 0 N–H and O–H groups in total. The van der Waals surface area contributed by atoms with Crippen LogP contribution in [0.3, 0.4) is 0 Å². The Kier molecular flexibility index (Phi) is 4.58. The summed E-state index contributed by atoms with van der Waals surface area (Å²) in [6.45, 7) is 2.90. The third kappa shape index (κ3) is 3.44. The lowest BCUT2D eigenvalue weighted by molar-refractivity contribution is -0.139. The number of halogens is 1. The predicted molar refractivity (Wildman–Crippen MR) is 118 cm³/mol. The number of aromatic nitrogens is 2. The van der Waals surface area contributed by atoms with Crippen LogP contribution in [-0.4, -0.2) is 46.5 Å². The Bertz CT molecular complexity index is 942. The highest BCUT2D eigenvalue weighted by Crippen LogP contribution is 2.61. The molecule has 0 radical (unpaired) electrons. The Morgan fingerprint density at radius 1 is 1.00 bits per heavy atom. The fraction of sp³-hybridized carbons (Fsp3) is 0.600. The SMILES string of the molecule is O=C(CC12CC3CC(CC(C3)C1)C2)N1CCN(c2nccn2-c2ccccc2F)CC1. The van der Waals surface area contributed by atoms with Gasteiger partial charge < -0.3 is 9.80 Å². The van der Waals surface area contributed by atoms with Crippen LogP contribution in [0.15, 0.2) is 36.7 Å². The molecule has 2 aromatic rings. The molecule has 4 bridgehead atoms. The minimum atomic E-state index is -0.258. The number of para-hydroxylation sites is 1. The first-order chi connectivity index (χ1) is 15.1. The molecule has 4 saturated carbocycles. The monoisotopic (exact) mass is 422 g/mol. The van der Waals surface area contributed by atoms with Gasteiger partial charge in [-0.3, -0.25) is 9.36 Å². The average molecular weight is 423 g/mol. The van der Waals surface area contributed by atoms with E-state index in [1.165, 1.54) is 44.6 Å². The Morgan fingerprint density at radius 2 is 1.65 bits per heavy atom. The summed E-state index contributed by atoms with van der Waals surface area (Å²) >= 11 is 0. The van der Waals surface area contributed by atoms with Crippen molar-refractivity contribution in [3.63, 3.8) is 0 Å². The van der Waals surface area contributed by atoms with Gasteiger partial charge in [0.15, 0.2) is 0 Å². The van der Waals surface area contributed by atoms with Crippen LogP contribution >= 0.6 is 0 Å². The Morgan fingerprint density at radius 3 is 2.29 bits per heavy atom. The fourth-order valence-electron chi connectivity index (χ4n) is 7.46. The molecule has 6 heteroatoms. The van der Waals surface area contributed by atoms with E-state index in [0.717, 1.165) is 56.3 Å². The van der Waals surface area contributed by atoms with E-state index in [2.05, 4.69) is 14.8 Å². The second-order valence-electron chi connectivity index (χ2n) is 10.5. The van der Waals surface area contributed by atoms with Gasteiger partial charge in [-0.25, -0.2) is 9.37 Å². The van der Waals surface area contributed by atoms with Crippen LogP contribution in [0.25, 0.3) is 5.69 Å². The standard InChI is InChI=1S/C25H31FN4O/c26-21-3-1-2-4-22(21)30-6-5-27-24(30)29-9-7-28(8-10-29)23(31)17-25-14-18-11-19(15-25)13-20(12-18)16-25/h1-6,18-20H,7-17H2. The number of hydrogen-bond donors (Lipinski definition) is 0. The van der Waals surface area contributed by atoms with Crippen molar-refractivity contribution in [2.24, 2.45) is 23.2 Å². The lowest BCUT2D eigenvalue weighted by Gasteiger charge is -2.57. The molecule has 2 heterocycles. The molecular formula is C25H31FN4O. The molecule has 1 aromatic carbocycles. The number of rotatable bonds is 4. The van der Waals surface area contributed by atoms with Gasteiger partial charge in [0, 0.05) is 45.0 Å². The fourth-order valence-corrected chi connectivity index (χ4v) is 7.46. The van der Waals surface area contributed by atoms with Crippen molar-refractivity contribution < 1.29 is 9.18 Å². The van der Waals surface area contributed by atoms with Crippen molar-refractivity contribution in [1.82, 2.24) is 14.5 Å². The van der Waals surface area contributed by atoms with Crippen LogP contribution in [0.5, 0.6) is 0 Å². The van der Waals surface area contributed by atoms with Crippen molar-refractivity contribution in [1.29, 1.82) is 0 Å². The molecule has 0 atom stereocenters. The maximum Gasteiger partial charge on any atom is 0.223 e. The zero-order valence-corrected chi connectivity index (χ0v) is 18.0. The first-order valence-corrected chi connectivity index (χ1v) is 11.9. The Labute approximate surface area is 183 Å². The molecule has 5 nitrogen and oxygen atoms in total. The summed E-state index contributed by atoms with van der Waals surface area (Å²) in [6.07, 6.45) is 12.4. The van der Waals surface area contributed by atoms with E-state index in [0.29, 0.717) is 17.0 Å². The summed E-state index contributed by atoms with van der Waals surface area (Å²) < 4.78 is 16.1. The van der Waals surface area contributed by atoms with E-state index in [9.17, 15) is 9.18 Å². The average Bonchev–Trinajstić information content (AvgIpc) is 3.22. The van der Waals surface area contributed by atoms with E-state index in [1.807, 2.05) is 10.6 Å². The van der Waals surface area contributed by atoms with E-state index in [4.69, 9.17) is 0 Å². The van der Waals surface area contributed by atoms with Gasteiger partial charge in [0.05, 0.1) is 5.69 Å². The minimum absolute atomic E-state index is 0.258. The molecule has 4 aliphatic carbocycles. The van der Waals surface area contributed by atoms with E-state index in [1.54, 1.807) is 24.5 Å². The quantitative estimate of drug-likeness (QED) is 0.739. The van der Waals surface area contributed by atoms with Gasteiger partial charge in [-0.15, -0.1) is 0 Å². The number of piperazine rings is 1. The van der Waals surface area contributed by atoms with Gasteiger partial charge in [-0.1, -0.05) is 12.1 Å². The smallest absolute Gasteiger partial charge is 0.223 e. The molecule has 164 valence electrons. The number of carbonyl (C=O) groups is 1. The molecule has 1 amide bonds. The summed E-state index contributed by atoms with van der Waals surface area (Å²) in [4.78, 5) is 22.0. The third-order valence-corrected chi connectivity index (χ3v) is 8.34. The van der Waals surface area contributed by atoms with Gasteiger partial charge in [0.1, 0.15) is 5.82 Å². The van der Waals surface area contributed by atoms with Crippen LogP contribution in [-0.2, 0) is 4.79 Å². The predicted octanol–water partition coefficient (Wildman–Crippen LogP) is 4.27. The Hall–Kier alpha value is -2.37. The lowest BCUT2D eigenvalue weighted by Crippen LogP contribution is -2.52. The van der Waals surface area contributed by atoms with Crippen molar-refractivity contribution in [2.45, 2.75) is 44.9 Å². The number of carbonyl (C=O) groups excluding carboxylic acids is 1. The normalized spacial score (nSPS) is 32.0. The molecule has 1 saturated heterocycles. The largest absolute Gasteiger partial charge is 0.339 e. The summed E-state index contributed by atoms with van der Waals surface area (Å²) in [6, 6.07) is 6.78. The van der Waals surface area contributed by atoms with Gasteiger partial charge in [0.2, 0.25) is 11.9 Å². The third-order valence-electron chi connectivity index (χ3n) is 8.34. The summed E-state index contributed by atoms with van der Waals surface area (Å²) in [5.41, 5.74) is 0.805. The van der Waals surface area contributed by atoms with Crippen LogP contribution in [0.2, 0.25) is 0 Å². The Balaban J connectivity index is 1.11. The zero-order valence-electron chi connectivity index (χ0n) is 18.0. The second kappa shape index (κ2) is 7.35. The van der Waals surface area contributed by atoms with E-state index < -0.39 is 0 Å². The molecule has 1 aromatic heterocycles. The van der Waals surface area contributed by atoms with Crippen molar-refractivity contribution >= 4 is 11.9 Å². The van der Waals surface area contributed by atoms with Crippen LogP contribution in [0.1, 0.15) is 44.9 Å². The molecule has 5 aliphatic rings. The maximum atomic E-state index is 14.3. The molecule has 0 spiro atoms. The number of anilines is 1. The van der Waals surface area contributed by atoms with E-state index in [-0.39, 0.29) is 5.82 Å². The van der Waals surface area contributed by atoms with Crippen LogP contribution < -0.4 is 4.90 Å². The van der Waals surface area contributed by atoms with Crippen molar-refractivity contribution in [2.75, 3.05) is 31.1 Å². The lowest BCUT2D eigenvalue weighted by atomic mass is 9.49. The molecule has 7 rings (SSSR count). The topological polar surface area (TPSA) is 41.4 Å². The summed E-state index contributed by atoms with van der Waals surface area (Å²) in [5.74, 6) is 3.48. The number of amides is 1. The number of benzene rings is 1. The van der Waals surface area contributed by atoms with E-state index >= 15 is 0 Å². The number of hydrogen-bond acceptors (Lipinski definition) is 3. The highest BCUT2D eigenvalue weighted by atomic mass is 19.1. The summed E-state index contributed by atoms with van der Waals surface area (Å²) in [5, 5.41) is 0. The molecule has 31 heavy (non-hydrogen) atoms. The highest BCUT2D eigenvalue weighted by molar-refractivity contribution is 5.77. The van der Waals surface area contributed by atoms with Crippen molar-refractivity contribution in [3.05, 3.63) is 42.5 Å². The number of nitrogens with zero attached hydrogens (tertiary/aromatic N) is 4. The highest BCUT2D eigenvalue weighted by Gasteiger charge is 2.51. The van der Waals surface area contributed by atoms with Gasteiger partial charge in [0.25, 0.3) is 0 Å². The first-order valence-electron chi connectivity index (χ1n) is 11.9. The molecule has 1 aliphatic heterocycles. The minimum Gasteiger partial charge on any atom is -0.339 e. The number of imidazole rings is 1. The molecular weight excluding hydrogens is 391 g/mol. The van der Waals surface area contributed by atoms with Crippen LogP contribution in [0, 0.1) is 29.0 Å². The summed E-state index contributed by atoms with van der Waals surface area (Å²) in [7, 11) is 0. The second-order valence-corrected chi connectivity index (χ2v) is 10.5.